The van der Waals surface area contributed by atoms with Crippen molar-refractivity contribution in [1.82, 2.24) is 4.98 Å². The summed E-state index contributed by atoms with van der Waals surface area (Å²) < 4.78 is 0. The molecule has 1 aliphatic heterocycles. The summed E-state index contributed by atoms with van der Waals surface area (Å²) in [5.74, 6) is 1.08. The van der Waals surface area contributed by atoms with Crippen molar-refractivity contribution in [3.63, 3.8) is 0 Å². The van der Waals surface area contributed by atoms with Crippen molar-refractivity contribution >= 4 is 22.7 Å². The standard InChI is InChI=1S/C12H12N2S/c13-12-9-7-8-3-1-2-4-10(8)14-11(9)5-6-15-12/h1-4,7,12H,5-6,13H2. The maximum Gasteiger partial charge on any atom is 0.0782 e. The van der Waals surface area contributed by atoms with Gasteiger partial charge < -0.3 is 5.73 Å². The van der Waals surface area contributed by atoms with E-state index in [0.29, 0.717) is 0 Å². The van der Waals surface area contributed by atoms with Crippen molar-refractivity contribution < 1.29 is 0 Å². The Morgan fingerprint density at radius 1 is 1.33 bits per heavy atom. The maximum atomic E-state index is 6.06. The van der Waals surface area contributed by atoms with E-state index in [2.05, 4.69) is 23.2 Å². The van der Waals surface area contributed by atoms with E-state index in [-0.39, 0.29) is 5.37 Å². The number of nitrogens with two attached hydrogens (primary N) is 1. The molecule has 0 saturated carbocycles. The third-order valence-electron chi connectivity index (χ3n) is 2.78. The van der Waals surface area contributed by atoms with Gasteiger partial charge in [-0.2, -0.15) is 0 Å². The molecule has 0 spiro atoms. The average molecular weight is 216 g/mol. The van der Waals surface area contributed by atoms with Crippen molar-refractivity contribution in [1.29, 1.82) is 0 Å². The molecule has 0 radical (unpaired) electrons. The fourth-order valence-electron chi connectivity index (χ4n) is 1.99. The van der Waals surface area contributed by atoms with Crippen LogP contribution in [0.15, 0.2) is 30.3 Å². The van der Waals surface area contributed by atoms with Crippen LogP contribution in [0.25, 0.3) is 10.9 Å². The van der Waals surface area contributed by atoms with E-state index in [0.717, 1.165) is 17.7 Å². The number of benzene rings is 1. The number of hydrogen-bond acceptors (Lipinski definition) is 3. The summed E-state index contributed by atoms with van der Waals surface area (Å²) in [5.41, 5.74) is 9.53. The minimum atomic E-state index is 0.103. The molecule has 15 heavy (non-hydrogen) atoms. The molecule has 1 atom stereocenters. The molecule has 1 aromatic heterocycles. The predicted molar refractivity (Wildman–Crippen MR) is 64.8 cm³/mol. The molecule has 3 rings (SSSR count). The highest BCUT2D eigenvalue weighted by Crippen LogP contribution is 2.33. The molecule has 0 aliphatic carbocycles. The van der Waals surface area contributed by atoms with Crippen LogP contribution in [0.5, 0.6) is 0 Å². The number of rotatable bonds is 0. The Morgan fingerprint density at radius 2 is 2.20 bits per heavy atom. The second-order valence-electron chi connectivity index (χ2n) is 3.76. The van der Waals surface area contributed by atoms with Gasteiger partial charge in [-0.1, -0.05) is 18.2 Å². The Balaban J connectivity index is 2.27. The third-order valence-corrected chi connectivity index (χ3v) is 3.83. The van der Waals surface area contributed by atoms with Gasteiger partial charge in [0.1, 0.15) is 0 Å². The summed E-state index contributed by atoms with van der Waals surface area (Å²) >= 11 is 1.81. The molecule has 0 fully saturated rings. The van der Waals surface area contributed by atoms with Crippen LogP contribution in [0.4, 0.5) is 0 Å². The van der Waals surface area contributed by atoms with Gasteiger partial charge in [-0.3, -0.25) is 4.98 Å². The van der Waals surface area contributed by atoms with Gasteiger partial charge in [-0.05, 0) is 18.6 Å². The molecule has 76 valence electrons. The van der Waals surface area contributed by atoms with Gasteiger partial charge >= 0.3 is 0 Å². The Labute approximate surface area is 92.9 Å². The summed E-state index contributed by atoms with van der Waals surface area (Å²) in [5, 5.41) is 1.29. The molecule has 2 aromatic rings. The van der Waals surface area contributed by atoms with Crippen LogP contribution in [0.1, 0.15) is 16.6 Å². The lowest BCUT2D eigenvalue weighted by molar-refractivity contribution is 0.914. The van der Waals surface area contributed by atoms with E-state index >= 15 is 0 Å². The molecule has 1 aliphatic rings. The highest BCUT2D eigenvalue weighted by Gasteiger charge is 2.18. The van der Waals surface area contributed by atoms with Crippen LogP contribution in [0, 0.1) is 0 Å². The van der Waals surface area contributed by atoms with E-state index in [1.54, 1.807) is 0 Å². The van der Waals surface area contributed by atoms with E-state index in [4.69, 9.17) is 5.73 Å². The van der Waals surface area contributed by atoms with E-state index < -0.39 is 0 Å². The molecule has 0 saturated heterocycles. The zero-order valence-electron chi connectivity index (χ0n) is 8.31. The Hall–Kier alpha value is -1.06. The molecule has 2 nitrogen and oxygen atoms in total. The van der Waals surface area contributed by atoms with Gasteiger partial charge in [0.15, 0.2) is 0 Å². The quantitative estimate of drug-likeness (QED) is 0.735. The second-order valence-corrected chi connectivity index (χ2v) is 5.01. The summed E-state index contributed by atoms with van der Waals surface area (Å²) in [6.07, 6.45) is 1.04. The number of aryl methyl sites for hydroxylation is 1. The van der Waals surface area contributed by atoms with Crippen LogP contribution < -0.4 is 5.73 Å². The highest BCUT2D eigenvalue weighted by atomic mass is 32.2. The van der Waals surface area contributed by atoms with Crippen molar-refractivity contribution in [3.8, 4) is 0 Å². The lowest BCUT2D eigenvalue weighted by Crippen LogP contribution is -2.16. The first-order chi connectivity index (χ1) is 7.34. The summed E-state index contributed by atoms with van der Waals surface area (Å²) in [6.45, 7) is 0. The van der Waals surface area contributed by atoms with Crippen molar-refractivity contribution in [3.05, 3.63) is 41.6 Å². The number of fused-ring (bicyclic) bond motifs is 2. The normalized spacial score (nSPS) is 20.2. The van der Waals surface area contributed by atoms with E-state index in [9.17, 15) is 0 Å². The van der Waals surface area contributed by atoms with Gasteiger partial charge in [0.25, 0.3) is 0 Å². The van der Waals surface area contributed by atoms with Crippen molar-refractivity contribution in [2.45, 2.75) is 11.8 Å². The number of para-hydroxylation sites is 1. The molecule has 0 bridgehead atoms. The number of pyridine rings is 1. The summed E-state index contributed by atoms with van der Waals surface area (Å²) in [4.78, 5) is 4.67. The first kappa shape index (κ1) is 9.19. The number of thioether (sulfide) groups is 1. The molecule has 0 amide bonds. The molecular formula is C12H12N2S. The van der Waals surface area contributed by atoms with Crippen molar-refractivity contribution in [2.75, 3.05) is 5.75 Å². The Bertz CT molecular complexity index is 510. The van der Waals surface area contributed by atoms with Gasteiger partial charge in [-0.15, -0.1) is 11.8 Å². The van der Waals surface area contributed by atoms with Gasteiger partial charge in [-0.25, -0.2) is 0 Å². The van der Waals surface area contributed by atoms with E-state index in [1.165, 1.54) is 16.6 Å². The third kappa shape index (κ3) is 1.52. The lowest BCUT2D eigenvalue weighted by Gasteiger charge is -2.21. The predicted octanol–water partition coefficient (Wildman–Crippen LogP) is 2.48. The molecule has 3 heteroatoms. The van der Waals surface area contributed by atoms with Gasteiger partial charge in [0, 0.05) is 22.4 Å². The van der Waals surface area contributed by atoms with Gasteiger partial charge in [0.2, 0.25) is 0 Å². The minimum absolute atomic E-state index is 0.103. The smallest absolute Gasteiger partial charge is 0.0782 e. The fraction of sp³-hybridized carbons (Fsp3) is 0.250. The topological polar surface area (TPSA) is 38.9 Å². The maximum absolute atomic E-state index is 6.06. The van der Waals surface area contributed by atoms with Crippen LogP contribution in [-0.4, -0.2) is 10.7 Å². The van der Waals surface area contributed by atoms with E-state index in [1.807, 2.05) is 23.9 Å². The highest BCUT2D eigenvalue weighted by molar-refractivity contribution is 7.99. The number of hydrogen-bond donors (Lipinski definition) is 1. The monoisotopic (exact) mass is 216 g/mol. The molecule has 2 N–H and O–H groups in total. The molecule has 1 unspecified atom stereocenters. The first-order valence-electron chi connectivity index (χ1n) is 5.10. The van der Waals surface area contributed by atoms with Crippen LogP contribution >= 0.6 is 11.8 Å². The summed E-state index contributed by atoms with van der Waals surface area (Å²) in [6, 6.07) is 10.4. The zero-order chi connectivity index (χ0) is 10.3. The minimum Gasteiger partial charge on any atom is -0.316 e. The molecule has 1 aromatic carbocycles. The van der Waals surface area contributed by atoms with Crippen molar-refractivity contribution in [2.24, 2.45) is 5.73 Å². The Kier molecular flexibility index (Phi) is 2.15. The SMILES string of the molecule is NC1SCCc2nc3ccccc3cc21. The van der Waals surface area contributed by atoms with Crippen LogP contribution in [-0.2, 0) is 6.42 Å². The largest absolute Gasteiger partial charge is 0.316 e. The second kappa shape index (κ2) is 3.51. The average Bonchev–Trinajstić information content (AvgIpc) is 2.27. The van der Waals surface area contributed by atoms with Crippen LogP contribution in [0.2, 0.25) is 0 Å². The Morgan fingerprint density at radius 3 is 3.13 bits per heavy atom. The molecule has 2 heterocycles. The van der Waals surface area contributed by atoms with Gasteiger partial charge in [0.05, 0.1) is 10.9 Å². The van der Waals surface area contributed by atoms with Crippen LogP contribution in [0.3, 0.4) is 0 Å². The zero-order valence-corrected chi connectivity index (χ0v) is 9.13. The summed E-state index contributed by atoms with van der Waals surface area (Å²) in [7, 11) is 0. The number of aromatic nitrogens is 1. The first-order valence-corrected chi connectivity index (χ1v) is 6.15. The fourth-order valence-corrected chi connectivity index (χ4v) is 2.94. The molecular weight excluding hydrogens is 204 g/mol. The lowest BCUT2D eigenvalue weighted by atomic mass is 10.1. The number of nitrogens with zero attached hydrogens (tertiary/aromatic N) is 1.